The van der Waals surface area contributed by atoms with Gasteiger partial charge in [0.1, 0.15) is 5.00 Å². The van der Waals surface area contributed by atoms with Crippen LogP contribution in [-0.4, -0.2) is 42.1 Å². The number of hydrogen-bond acceptors (Lipinski definition) is 5. The minimum atomic E-state index is 0.680. The van der Waals surface area contributed by atoms with E-state index < -0.39 is 0 Å². The molecule has 1 aliphatic carbocycles. The van der Waals surface area contributed by atoms with Gasteiger partial charge in [0.2, 0.25) is 0 Å². The van der Waals surface area contributed by atoms with Gasteiger partial charge in [0, 0.05) is 32.2 Å². The largest absolute Gasteiger partial charge is 0.375 e. The third kappa shape index (κ3) is 2.62. The summed E-state index contributed by atoms with van der Waals surface area (Å²) >= 11 is 1.61. The van der Waals surface area contributed by atoms with Crippen LogP contribution in [0.25, 0.3) is 0 Å². The standard InChI is InChI=1S/C13H22N4S/c14-13-15-10-12(18-13)17-8-6-16(7-9-17)11-4-2-1-3-5-11/h10-11H,1-9H2,(H2,14,15). The van der Waals surface area contributed by atoms with Gasteiger partial charge in [-0.25, -0.2) is 4.98 Å². The van der Waals surface area contributed by atoms with Gasteiger partial charge in [-0.2, -0.15) is 0 Å². The Balaban J connectivity index is 1.54. The Labute approximate surface area is 113 Å². The van der Waals surface area contributed by atoms with Gasteiger partial charge in [0.25, 0.3) is 0 Å². The Hall–Kier alpha value is -0.810. The number of piperazine rings is 1. The van der Waals surface area contributed by atoms with E-state index in [0.717, 1.165) is 19.1 Å². The normalized spacial score (nSPS) is 23.4. The minimum absolute atomic E-state index is 0.680. The number of nitrogen functional groups attached to an aromatic ring is 1. The Kier molecular flexibility index (Phi) is 3.70. The predicted molar refractivity (Wildman–Crippen MR) is 77.2 cm³/mol. The van der Waals surface area contributed by atoms with E-state index in [-0.39, 0.29) is 0 Å². The summed E-state index contributed by atoms with van der Waals surface area (Å²) in [6, 6.07) is 0.854. The number of aromatic nitrogens is 1. The van der Waals surface area contributed by atoms with E-state index in [4.69, 9.17) is 5.73 Å². The third-order valence-electron chi connectivity index (χ3n) is 4.23. The summed E-state index contributed by atoms with van der Waals surface area (Å²) in [6.07, 6.45) is 9.03. The van der Waals surface area contributed by atoms with Crippen LogP contribution in [0.4, 0.5) is 10.1 Å². The first-order valence-electron chi connectivity index (χ1n) is 7.03. The van der Waals surface area contributed by atoms with Crippen LogP contribution in [0, 0.1) is 0 Å². The van der Waals surface area contributed by atoms with Gasteiger partial charge in [0.15, 0.2) is 5.13 Å². The highest BCUT2D eigenvalue weighted by atomic mass is 32.1. The third-order valence-corrected chi connectivity index (χ3v) is 5.12. The number of rotatable bonds is 2. The van der Waals surface area contributed by atoms with Crippen molar-refractivity contribution in [2.24, 2.45) is 0 Å². The van der Waals surface area contributed by atoms with Crippen molar-refractivity contribution >= 4 is 21.5 Å². The van der Waals surface area contributed by atoms with Crippen LogP contribution in [0.2, 0.25) is 0 Å². The molecule has 0 radical (unpaired) electrons. The van der Waals surface area contributed by atoms with E-state index in [1.807, 2.05) is 6.20 Å². The van der Waals surface area contributed by atoms with Crippen molar-refractivity contribution in [1.82, 2.24) is 9.88 Å². The van der Waals surface area contributed by atoms with E-state index in [2.05, 4.69) is 14.8 Å². The molecule has 0 spiro atoms. The molecule has 5 heteroatoms. The van der Waals surface area contributed by atoms with E-state index in [9.17, 15) is 0 Å². The number of thiazole rings is 1. The zero-order valence-electron chi connectivity index (χ0n) is 10.8. The van der Waals surface area contributed by atoms with Crippen LogP contribution in [0.3, 0.4) is 0 Å². The monoisotopic (exact) mass is 266 g/mol. The van der Waals surface area contributed by atoms with Gasteiger partial charge in [-0.3, -0.25) is 4.90 Å². The van der Waals surface area contributed by atoms with Gasteiger partial charge in [-0.05, 0) is 12.8 Å². The number of nitrogens with two attached hydrogens (primary N) is 1. The van der Waals surface area contributed by atoms with Crippen molar-refractivity contribution < 1.29 is 0 Å². The summed E-state index contributed by atoms with van der Waals surface area (Å²) in [5.74, 6) is 0. The SMILES string of the molecule is Nc1ncc(N2CCN(C3CCCCC3)CC2)s1. The molecule has 2 heterocycles. The molecule has 1 aliphatic heterocycles. The Morgan fingerprint density at radius 2 is 1.83 bits per heavy atom. The average molecular weight is 266 g/mol. The molecule has 2 fully saturated rings. The molecule has 1 saturated carbocycles. The van der Waals surface area contributed by atoms with Crippen LogP contribution >= 0.6 is 11.3 Å². The van der Waals surface area contributed by atoms with Crippen molar-refractivity contribution in [3.05, 3.63) is 6.20 Å². The minimum Gasteiger partial charge on any atom is -0.375 e. The summed E-state index contributed by atoms with van der Waals surface area (Å²) in [7, 11) is 0. The second kappa shape index (κ2) is 5.45. The molecule has 2 N–H and O–H groups in total. The van der Waals surface area contributed by atoms with Crippen LogP contribution in [-0.2, 0) is 0 Å². The van der Waals surface area contributed by atoms with Gasteiger partial charge >= 0.3 is 0 Å². The zero-order valence-corrected chi connectivity index (χ0v) is 11.7. The van der Waals surface area contributed by atoms with E-state index in [1.165, 1.54) is 50.2 Å². The predicted octanol–water partition coefficient (Wildman–Crippen LogP) is 2.18. The maximum atomic E-state index is 5.70. The van der Waals surface area contributed by atoms with Crippen molar-refractivity contribution in [3.8, 4) is 0 Å². The first-order valence-corrected chi connectivity index (χ1v) is 7.85. The van der Waals surface area contributed by atoms with Crippen molar-refractivity contribution in [2.75, 3.05) is 36.8 Å². The van der Waals surface area contributed by atoms with Crippen molar-refractivity contribution in [2.45, 2.75) is 38.1 Å². The Morgan fingerprint density at radius 3 is 2.44 bits per heavy atom. The lowest BCUT2D eigenvalue weighted by atomic mass is 9.94. The molecule has 0 atom stereocenters. The first-order chi connectivity index (χ1) is 8.83. The summed E-state index contributed by atoms with van der Waals surface area (Å²) in [5, 5.41) is 1.91. The molecule has 0 unspecified atom stereocenters. The highest BCUT2D eigenvalue weighted by Gasteiger charge is 2.25. The van der Waals surface area contributed by atoms with E-state index in [0.29, 0.717) is 5.13 Å². The summed E-state index contributed by atoms with van der Waals surface area (Å²) in [6.45, 7) is 4.64. The number of anilines is 2. The molecule has 4 nitrogen and oxygen atoms in total. The lowest BCUT2D eigenvalue weighted by Crippen LogP contribution is -2.50. The Morgan fingerprint density at radius 1 is 1.11 bits per heavy atom. The molecule has 0 aromatic carbocycles. The fourth-order valence-corrected chi connectivity index (χ4v) is 3.92. The molecule has 1 aromatic heterocycles. The summed E-state index contributed by atoms with van der Waals surface area (Å²) in [5.41, 5.74) is 5.70. The molecule has 3 rings (SSSR count). The van der Waals surface area contributed by atoms with Crippen molar-refractivity contribution in [3.63, 3.8) is 0 Å². The quantitative estimate of drug-likeness (QED) is 0.891. The smallest absolute Gasteiger partial charge is 0.181 e. The van der Waals surface area contributed by atoms with Crippen LogP contribution in [0.5, 0.6) is 0 Å². The number of hydrogen-bond donors (Lipinski definition) is 1. The highest BCUT2D eigenvalue weighted by molar-refractivity contribution is 7.19. The van der Waals surface area contributed by atoms with Crippen LogP contribution < -0.4 is 10.6 Å². The number of nitrogens with zero attached hydrogens (tertiary/aromatic N) is 3. The van der Waals surface area contributed by atoms with Gasteiger partial charge in [-0.15, -0.1) is 0 Å². The first kappa shape index (κ1) is 12.2. The van der Waals surface area contributed by atoms with Crippen LogP contribution in [0.1, 0.15) is 32.1 Å². The zero-order chi connectivity index (χ0) is 12.4. The maximum Gasteiger partial charge on any atom is 0.181 e. The molecule has 1 aromatic rings. The maximum absolute atomic E-state index is 5.70. The van der Waals surface area contributed by atoms with E-state index >= 15 is 0 Å². The molecule has 0 bridgehead atoms. The molecule has 18 heavy (non-hydrogen) atoms. The second-order valence-electron chi connectivity index (χ2n) is 5.35. The Bertz CT molecular complexity index is 378. The molecule has 2 aliphatic rings. The lowest BCUT2D eigenvalue weighted by molar-refractivity contribution is 0.148. The molecule has 1 saturated heterocycles. The van der Waals surface area contributed by atoms with E-state index in [1.54, 1.807) is 11.3 Å². The van der Waals surface area contributed by atoms with Crippen molar-refractivity contribution in [1.29, 1.82) is 0 Å². The average Bonchev–Trinajstić information content (AvgIpc) is 2.87. The lowest BCUT2D eigenvalue weighted by Gasteiger charge is -2.41. The summed E-state index contributed by atoms with van der Waals surface area (Å²) in [4.78, 5) is 9.26. The second-order valence-corrected chi connectivity index (χ2v) is 6.39. The van der Waals surface area contributed by atoms with Gasteiger partial charge in [-0.1, -0.05) is 30.6 Å². The molecule has 0 amide bonds. The highest BCUT2D eigenvalue weighted by Crippen LogP contribution is 2.28. The fraction of sp³-hybridized carbons (Fsp3) is 0.769. The molecule has 100 valence electrons. The topological polar surface area (TPSA) is 45.4 Å². The molecular weight excluding hydrogens is 244 g/mol. The fourth-order valence-electron chi connectivity index (χ4n) is 3.18. The van der Waals surface area contributed by atoms with Gasteiger partial charge in [0.05, 0.1) is 6.20 Å². The molecular formula is C13H22N4S. The summed E-state index contributed by atoms with van der Waals surface area (Å²) < 4.78 is 0. The van der Waals surface area contributed by atoms with Crippen LogP contribution in [0.15, 0.2) is 6.20 Å². The van der Waals surface area contributed by atoms with Gasteiger partial charge < -0.3 is 10.6 Å².